The van der Waals surface area contributed by atoms with Crippen molar-refractivity contribution in [2.24, 2.45) is 5.41 Å². The van der Waals surface area contributed by atoms with Crippen LogP contribution in [0.25, 0.3) is 10.9 Å². The van der Waals surface area contributed by atoms with E-state index in [1.165, 1.54) is 20.9 Å². The Balaban J connectivity index is 2.31. The van der Waals surface area contributed by atoms with Crippen molar-refractivity contribution in [1.29, 1.82) is 0 Å². The van der Waals surface area contributed by atoms with E-state index in [1.54, 1.807) is 6.20 Å². The summed E-state index contributed by atoms with van der Waals surface area (Å²) in [6.45, 7) is 8.16. The van der Waals surface area contributed by atoms with Gasteiger partial charge in [-0.05, 0) is 30.4 Å². The molecule has 0 spiro atoms. The largest absolute Gasteiger partial charge is 0.480 e. The number of carbonyl (C=O) groups is 5. The number of hydrogen-bond acceptors (Lipinski definition) is 7. The molecule has 41 heavy (non-hydrogen) atoms. The summed E-state index contributed by atoms with van der Waals surface area (Å²) < 4.78 is 0. The molecule has 0 saturated carbocycles. The number of likely N-dealkylation sites (N-methyl/N-ethyl adjacent to an activating group) is 1. The number of hydrogen-bond donors (Lipinski definition) is 7. The van der Waals surface area contributed by atoms with Crippen molar-refractivity contribution in [3.63, 3.8) is 0 Å². The number of H-pyrrole nitrogens is 1. The Morgan fingerprint density at radius 1 is 1.02 bits per heavy atom. The van der Waals surface area contributed by atoms with E-state index >= 15 is 0 Å². The Morgan fingerprint density at radius 3 is 2.20 bits per heavy atom. The maximum Gasteiger partial charge on any atom is 0.327 e. The minimum absolute atomic E-state index is 0.112. The lowest BCUT2D eigenvalue weighted by Crippen LogP contribution is -2.61. The quantitative estimate of drug-likeness (QED) is 0.169. The summed E-state index contributed by atoms with van der Waals surface area (Å²) in [7, 11) is 1.35. The Morgan fingerprint density at radius 2 is 1.66 bits per heavy atom. The fourth-order valence-corrected chi connectivity index (χ4v) is 4.68. The average Bonchev–Trinajstić information content (AvgIpc) is 3.29. The third kappa shape index (κ3) is 9.49. The molecule has 1 aromatic carbocycles. The Bertz CT molecular complexity index is 1260. The second-order valence-corrected chi connectivity index (χ2v) is 11.7. The van der Waals surface area contributed by atoms with Crippen LogP contribution in [-0.4, -0.2) is 92.8 Å². The molecule has 0 fully saturated rings. The fourth-order valence-electron chi connectivity index (χ4n) is 4.43. The lowest BCUT2D eigenvalue weighted by molar-refractivity contribution is -0.147. The zero-order valence-corrected chi connectivity index (χ0v) is 25.1. The molecule has 0 aliphatic heterocycles. The van der Waals surface area contributed by atoms with Crippen LogP contribution < -0.4 is 16.0 Å². The van der Waals surface area contributed by atoms with Crippen LogP contribution in [-0.2, 0) is 30.4 Å². The van der Waals surface area contributed by atoms with E-state index in [1.807, 2.05) is 45.0 Å². The summed E-state index contributed by atoms with van der Waals surface area (Å²) >= 11 is 3.98. The summed E-state index contributed by atoms with van der Waals surface area (Å²) in [6, 6.07) is 2.57. The van der Waals surface area contributed by atoms with Crippen LogP contribution in [0.5, 0.6) is 0 Å². The number of aromatic nitrogens is 1. The molecule has 13 heteroatoms. The van der Waals surface area contributed by atoms with E-state index in [4.69, 9.17) is 0 Å². The predicted molar refractivity (Wildman–Crippen MR) is 157 cm³/mol. The van der Waals surface area contributed by atoms with Crippen molar-refractivity contribution >= 4 is 53.1 Å². The van der Waals surface area contributed by atoms with Gasteiger partial charge < -0.3 is 36.0 Å². The number of para-hydroxylation sites is 1. The Kier molecular flexibility index (Phi) is 11.8. The highest BCUT2D eigenvalue weighted by atomic mass is 32.1. The molecule has 1 heterocycles. The number of nitrogens with zero attached hydrogens (tertiary/aromatic N) is 1. The Hall–Kier alpha value is -3.58. The van der Waals surface area contributed by atoms with Gasteiger partial charge in [0.25, 0.3) is 0 Å². The molecular formula is C28H41N5O7S. The van der Waals surface area contributed by atoms with E-state index in [-0.39, 0.29) is 18.6 Å². The number of aromatic amines is 1. The molecule has 12 nitrogen and oxygen atoms in total. The number of amides is 4. The number of aliphatic hydroxyl groups excluding tert-OH is 1. The van der Waals surface area contributed by atoms with Gasteiger partial charge in [0.2, 0.25) is 23.6 Å². The molecule has 2 aromatic rings. The van der Waals surface area contributed by atoms with Crippen molar-refractivity contribution in [3.8, 4) is 0 Å². The molecule has 2 rings (SSSR count). The van der Waals surface area contributed by atoms with Gasteiger partial charge in [0, 0.05) is 43.2 Å². The summed E-state index contributed by atoms with van der Waals surface area (Å²) in [5.41, 5.74) is 1.18. The third-order valence-corrected chi connectivity index (χ3v) is 6.92. The number of aliphatic hydroxyl groups is 1. The molecule has 0 saturated heterocycles. The lowest BCUT2D eigenvalue weighted by Gasteiger charge is -2.35. The molecule has 0 bridgehead atoms. The third-order valence-electron chi connectivity index (χ3n) is 6.56. The monoisotopic (exact) mass is 591 g/mol. The van der Waals surface area contributed by atoms with Gasteiger partial charge in [-0.25, -0.2) is 4.79 Å². The summed E-state index contributed by atoms with van der Waals surface area (Å²) in [6.07, 6.45) is 0.655. The van der Waals surface area contributed by atoms with Crippen LogP contribution in [0.2, 0.25) is 0 Å². The maximum atomic E-state index is 13.6. The van der Waals surface area contributed by atoms with Gasteiger partial charge in [-0.15, -0.1) is 0 Å². The number of benzene rings is 1. The molecule has 0 aliphatic carbocycles. The second-order valence-electron chi connectivity index (χ2n) is 11.4. The SMILES string of the molecule is CC(=O)N[C@@H](Cc1c[nH]c2ccccc12)C(=O)N[C@H](C(=O)N(C)[C@@H](CC(C)(C)C)C(=O)N[C@@H](CS)C(=O)O)[C@@H](C)O. The summed E-state index contributed by atoms with van der Waals surface area (Å²) in [5.74, 6) is -4.05. The van der Waals surface area contributed by atoms with E-state index in [0.29, 0.717) is 0 Å². The molecule has 0 radical (unpaired) electrons. The number of fused-ring (bicyclic) bond motifs is 1. The lowest BCUT2D eigenvalue weighted by atomic mass is 9.87. The normalized spacial score (nSPS) is 15.2. The highest BCUT2D eigenvalue weighted by Gasteiger charge is 2.38. The molecule has 5 atom stereocenters. The smallest absolute Gasteiger partial charge is 0.327 e. The van der Waals surface area contributed by atoms with Crippen LogP contribution in [0, 0.1) is 5.41 Å². The standard InChI is InChI=1S/C28H41N5O7S/c1-15(34)23(26(38)33(6)22(12-28(3,4)5)25(37)31-21(14-41)27(39)40)32-24(36)20(30-16(2)35)11-17-13-29-19-10-8-7-9-18(17)19/h7-10,13,15,20-23,29,34,41H,11-12,14H2,1-6H3,(H,30,35)(H,31,37)(H,32,36)(H,39,40)/t15-,20+,21+,22+,23+/m1/s1. The van der Waals surface area contributed by atoms with E-state index in [2.05, 4.69) is 33.6 Å². The first kappa shape index (κ1) is 33.6. The van der Waals surface area contributed by atoms with Crippen LogP contribution in [0.3, 0.4) is 0 Å². The highest BCUT2D eigenvalue weighted by Crippen LogP contribution is 2.24. The molecule has 0 unspecified atom stereocenters. The van der Waals surface area contributed by atoms with Crippen molar-refractivity contribution in [2.45, 2.75) is 77.7 Å². The Labute approximate surface area is 245 Å². The van der Waals surface area contributed by atoms with Crippen LogP contribution in [0.4, 0.5) is 0 Å². The summed E-state index contributed by atoms with van der Waals surface area (Å²) in [5, 5.41) is 28.3. The zero-order valence-electron chi connectivity index (χ0n) is 24.2. The van der Waals surface area contributed by atoms with Crippen molar-refractivity contribution in [3.05, 3.63) is 36.0 Å². The highest BCUT2D eigenvalue weighted by molar-refractivity contribution is 7.80. The first-order chi connectivity index (χ1) is 19.0. The predicted octanol–water partition coefficient (Wildman–Crippen LogP) is 0.843. The van der Waals surface area contributed by atoms with Gasteiger partial charge in [0.15, 0.2) is 0 Å². The van der Waals surface area contributed by atoms with Crippen molar-refractivity contribution in [2.75, 3.05) is 12.8 Å². The number of rotatable bonds is 13. The fraction of sp³-hybridized carbons (Fsp3) is 0.536. The zero-order chi connectivity index (χ0) is 31.1. The molecule has 0 aliphatic rings. The van der Waals surface area contributed by atoms with Gasteiger partial charge in [0.1, 0.15) is 24.2 Å². The number of carboxylic acid groups (broad SMARTS) is 1. The topological polar surface area (TPSA) is 181 Å². The first-order valence-electron chi connectivity index (χ1n) is 13.3. The molecule has 4 amide bonds. The number of thiol groups is 1. The second kappa shape index (κ2) is 14.4. The van der Waals surface area contributed by atoms with Crippen LogP contribution in [0.15, 0.2) is 30.5 Å². The van der Waals surface area contributed by atoms with Crippen molar-refractivity contribution in [1.82, 2.24) is 25.8 Å². The number of carboxylic acids is 1. The van der Waals surface area contributed by atoms with Crippen LogP contribution in [0.1, 0.15) is 46.6 Å². The average molecular weight is 592 g/mol. The van der Waals surface area contributed by atoms with E-state index in [9.17, 15) is 34.2 Å². The number of nitrogens with one attached hydrogen (secondary N) is 4. The number of aliphatic carboxylic acids is 1. The van der Waals surface area contributed by atoms with Gasteiger partial charge >= 0.3 is 5.97 Å². The number of carbonyl (C=O) groups excluding carboxylic acids is 4. The van der Waals surface area contributed by atoms with Gasteiger partial charge in [0.05, 0.1) is 6.10 Å². The van der Waals surface area contributed by atoms with Gasteiger partial charge in [-0.1, -0.05) is 39.0 Å². The molecule has 226 valence electrons. The maximum absolute atomic E-state index is 13.6. The van der Waals surface area contributed by atoms with Gasteiger partial charge in [-0.2, -0.15) is 12.6 Å². The molecule has 6 N–H and O–H groups in total. The van der Waals surface area contributed by atoms with Gasteiger partial charge in [-0.3, -0.25) is 19.2 Å². The molecular weight excluding hydrogens is 550 g/mol. The minimum Gasteiger partial charge on any atom is -0.480 e. The summed E-state index contributed by atoms with van der Waals surface area (Å²) in [4.78, 5) is 67.8. The van der Waals surface area contributed by atoms with E-state index in [0.717, 1.165) is 21.4 Å². The molecule has 1 aromatic heterocycles. The van der Waals surface area contributed by atoms with E-state index < -0.39 is 65.3 Å². The minimum atomic E-state index is -1.46. The first-order valence-corrected chi connectivity index (χ1v) is 13.9. The van der Waals surface area contributed by atoms with Crippen LogP contribution >= 0.6 is 12.6 Å². The van der Waals surface area contributed by atoms with Crippen molar-refractivity contribution < 1.29 is 34.2 Å².